The molecule has 0 fully saturated rings. The first-order valence-corrected chi connectivity index (χ1v) is 7.22. The summed E-state index contributed by atoms with van der Waals surface area (Å²) in [4.78, 5) is 23.2. The highest BCUT2D eigenvalue weighted by atomic mass is 19.4. The molecular weight excluding hydrogens is 337 g/mol. The molecule has 0 atom stereocenters. The Kier molecular flexibility index (Phi) is 5.63. The lowest BCUT2D eigenvalue weighted by molar-refractivity contribution is -0.139. The number of hydrogen-bond acceptors (Lipinski definition) is 3. The molecule has 2 aromatic rings. The van der Waals surface area contributed by atoms with Gasteiger partial charge in [0.2, 0.25) is 0 Å². The molecule has 0 radical (unpaired) electrons. The third-order valence-corrected chi connectivity index (χ3v) is 3.21. The van der Waals surface area contributed by atoms with Crippen molar-refractivity contribution in [3.05, 3.63) is 59.7 Å². The van der Waals surface area contributed by atoms with Crippen LogP contribution in [-0.4, -0.2) is 25.5 Å². The van der Waals surface area contributed by atoms with Crippen molar-refractivity contribution in [2.45, 2.75) is 6.18 Å². The van der Waals surface area contributed by atoms with Crippen LogP contribution in [0.4, 0.5) is 18.9 Å². The van der Waals surface area contributed by atoms with E-state index < -0.39 is 30.0 Å². The maximum atomic E-state index is 12.8. The Bertz CT molecular complexity index is 758. The molecule has 5 nitrogen and oxygen atoms in total. The molecule has 0 aliphatic rings. The van der Waals surface area contributed by atoms with Gasteiger partial charge >= 0.3 is 6.18 Å². The molecular formula is C17H15F3N2O3. The van der Waals surface area contributed by atoms with Gasteiger partial charge in [-0.15, -0.1) is 0 Å². The van der Waals surface area contributed by atoms with Gasteiger partial charge in [-0.25, -0.2) is 0 Å². The summed E-state index contributed by atoms with van der Waals surface area (Å²) >= 11 is 0. The van der Waals surface area contributed by atoms with Gasteiger partial charge in [-0.05, 0) is 36.4 Å². The number of amides is 2. The van der Waals surface area contributed by atoms with Crippen molar-refractivity contribution in [2.75, 3.05) is 19.0 Å². The zero-order valence-corrected chi connectivity index (χ0v) is 13.2. The van der Waals surface area contributed by atoms with Crippen LogP contribution in [-0.2, 0) is 11.0 Å². The quantitative estimate of drug-likeness (QED) is 0.869. The summed E-state index contributed by atoms with van der Waals surface area (Å²) in [6, 6.07) is 10.7. The third-order valence-electron chi connectivity index (χ3n) is 3.21. The van der Waals surface area contributed by atoms with Gasteiger partial charge in [0, 0.05) is 18.3 Å². The highest BCUT2D eigenvalue weighted by Crippen LogP contribution is 2.35. The number of benzene rings is 2. The van der Waals surface area contributed by atoms with E-state index in [1.54, 1.807) is 0 Å². The van der Waals surface area contributed by atoms with E-state index in [4.69, 9.17) is 4.74 Å². The van der Waals surface area contributed by atoms with Crippen molar-refractivity contribution < 1.29 is 27.5 Å². The van der Waals surface area contributed by atoms with Crippen LogP contribution < -0.4 is 15.4 Å². The Hall–Kier alpha value is -3.03. The molecule has 25 heavy (non-hydrogen) atoms. The number of carbonyl (C=O) groups is 2. The standard InChI is InChI=1S/C17H15F3N2O3/c1-21-16(24)11-6-8-12(9-7-11)22-15(23)10-25-14-5-3-2-4-13(14)17(18,19)20/h2-9H,10H2,1H3,(H,21,24)(H,22,23). The lowest BCUT2D eigenvalue weighted by Crippen LogP contribution is -2.21. The smallest absolute Gasteiger partial charge is 0.419 e. The van der Waals surface area contributed by atoms with E-state index in [1.165, 1.54) is 43.4 Å². The average molecular weight is 352 g/mol. The number of nitrogens with one attached hydrogen (secondary N) is 2. The minimum absolute atomic E-state index is 0.273. The van der Waals surface area contributed by atoms with E-state index in [2.05, 4.69) is 10.6 Å². The van der Waals surface area contributed by atoms with Crippen molar-refractivity contribution in [3.8, 4) is 5.75 Å². The average Bonchev–Trinajstić information content (AvgIpc) is 2.59. The molecule has 0 unspecified atom stereocenters. The first kappa shape index (κ1) is 18.3. The molecule has 0 spiro atoms. The minimum Gasteiger partial charge on any atom is -0.483 e. The van der Waals surface area contributed by atoms with Crippen LogP contribution in [0.2, 0.25) is 0 Å². The molecule has 8 heteroatoms. The summed E-state index contributed by atoms with van der Waals surface area (Å²) in [5, 5.41) is 4.94. The van der Waals surface area contributed by atoms with Crippen LogP contribution in [0.15, 0.2) is 48.5 Å². The summed E-state index contributed by atoms with van der Waals surface area (Å²) < 4.78 is 43.5. The molecule has 0 saturated heterocycles. The molecule has 0 aliphatic heterocycles. The maximum Gasteiger partial charge on any atom is 0.419 e. The lowest BCUT2D eigenvalue weighted by Gasteiger charge is -2.13. The van der Waals surface area contributed by atoms with Crippen LogP contribution in [0.1, 0.15) is 15.9 Å². The van der Waals surface area contributed by atoms with Crippen molar-refractivity contribution >= 4 is 17.5 Å². The largest absolute Gasteiger partial charge is 0.483 e. The van der Waals surface area contributed by atoms with Gasteiger partial charge in [0.1, 0.15) is 5.75 Å². The van der Waals surface area contributed by atoms with Gasteiger partial charge < -0.3 is 15.4 Å². The summed E-state index contributed by atoms with van der Waals surface area (Å²) in [5.41, 5.74) is -0.140. The minimum atomic E-state index is -4.57. The Morgan fingerprint density at radius 3 is 2.28 bits per heavy atom. The molecule has 0 saturated carbocycles. The van der Waals surface area contributed by atoms with Crippen molar-refractivity contribution in [1.29, 1.82) is 0 Å². The fraction of sp³-hybridized carbons (Fsp3) is 0.176. The van der Waals surface area contributed by atoms with Crippen molar-refractivity contribution in [2.24, 2.45) is 0 Å². The molecule has 2 rings (SSSR count). The molecule has 2 aromatic carbocycles. The van der Waals surface area contributed by atoms with E-state index in [9.17, 15) is 22.8 Å². The second-order valence-corrected chi connectivity index (χ2v) is 4.99. The van der Waals surface area contributed by atoms with Gasteiger partial charge in [0.15, 0.2) is 6.61 Å². The summed E-state index contributed by atoms with van der Waals surface area (Å²) in [5.74, 6) is -1.31. The van der Waals surface area contributed by atoms with Crippen LogP contribution in [0.3, 0.4) is 0 Å². The van der Waals surface area contributed by atoms with E-state index in [0.717, 1.165) is 12.1 Å². The number of alkyl halides is 3. The van der Waals surface area contributed by atoms with E-state index in [0.29, 0.717) is 11.3 Å². The van der Waals surface area contributed by atoms with Crippen LogP contribution in [0.5, 0.6) is 5.75 Å². The number of hydrogen-bond donors (Lipinski definition) is 2. The fourth-order valence-corrected chi connectivity index (χ4v) is 2.02. The SMILES string of the molecule is CNC(=O)c1ccc(NC(=O)COc2ccccc2C(F)(F)F)cc1. The highest BCUT2D eigenvalue weighted by molar-refractivity contribution is 5.95. The Labute approximate surface area is 141 Å². The van der Waals surface area contributed by atoms with Crippen LogP contribution in [0.25, 0.3) is 0 Å². The third kappa shape index (κ3) is 4.97. The van der Waals surface area contributed by atoms with Crippen LogP contribution in [0, 0.1) is 0 Å². The second-order valence-electron chi connectivity index (χ2n) is 4.99. The molecule has 132 valence electrons. The van der Waals surface area contributed by atoms with Crippen molar-refractivity contribution in [3.63, 3.8) is 0 Å². The number of para-hydroxylation sites is 1. The Morgan fingerprint density at radius 1 is 1.04 bits per heavy atom. The Morgan fingerprint density at radius 2 is 1.68 bits per heavy atom. The van der Waals surface area contributed by atoms with Gasteiger partial charge in [0.05, 0.1) is 5.56 Å². The zero-order chi connectivity index (χ0) is 18.4. The molecule has 2 amide bonds. The number of halogens is 3. The topological polar surface area (TPSA) is 67.4 Å². The summed E-state index contributed by atoms with van der Waals surface area (Å²) in [6.07, 6.45) is -4.57. The number of rotatable bonds is 5. The monoisotopic (exact) mass is 352 g/mol. The Balaban J connectivity index is 1.97. The predicted molar refractivity (Wildman–Crippen MR) is 85.4 cm³/mol. The molecule has 0 aliphatic carbocycles. The summed E-state index contributed by atoms with van der Waals surface area (Å²) in [7, 11) is 1.49. The predicted octanol–water partition coefficient (Wildman–Crippen LogP) is 3.08. The van der Waals surface area contributed by atoms with Gasteiger partial charge in [-0.1, -0.05) is 12.1 Å². The summed E-state index contributed by atoms with van der Waals surface area (Å²) in [6.45, 7) is -0.579. The van der Waals surface area contributed by atoms with Gasteiger partial charge in [-0.2, -0.15) is 13.2 Å². The number of anilines is 1. The molecule has 0 heterocycles. The number of ether oxygens (including phenoxy) is 1. The molecule has 2 N–H and O–H groups in total. The van der Waals surface area contributed by atoms with Crippen molar-refractivity contribution in [1.82, 2.24) is 5.32 Å². The number of carbonyl (C=O) groups excluding carboxylic acids is 2. The lowest BCUT2D eigenvalue weighted by atomic mass is 10.2. The zero-order valence-electron chi connectivity index (χ0n) is 13.2. The second kappa shape index (κ2) is 7.69. The van der Waals surface area contributed by atoms with Gasteiger partial charge in [-0.3, -0.25) is 9.59 Å². The van der Waals surface area contributed by atoms with E-state index >= 15 is 0 Å². The first-order valence-electron chi connectivity index (χ1n) is 7.22. The van der Waals surface area contributed by atoms with Gasteiger partial charge in [0.25, 0.3) is 11.8 Å². The highest BCUT2D eigenvalue weighted by Gasteiger charge is 2.34. The first-order chi connectivity index (χ1) is 11.8. The maximum absolute atomic E-state index is 12.8. The van der Waals surface area contributed by atoms with E-state index in [1.807, 2.05) is 0 Å². The van der Waals surface area contributed by atoms with E-state index in [-0.39, 0.29) is 5.91 Å². The normalized spacial score (nSPS) is 10.9. The van der Waals surface area contributed by atoms with Crippen LogP contribution >= 0.6 is 0 Å². The fourth-order valence-electron chi connectivity index (χ4n) is 2.02. The molecule has 0 aromatic heterocycles. The molecule has 0 bridgehead atoms.